The van der Waals surface area contributed by atoms with Crippen molar-refractivity contribution in [2.75, 3.05) is 11.4 Å². The van der Waals surface area contributed by atoms with Gasteiger partial charge in [-0.25, -0.2) is 4.98 Å². The fraction of sp³-hybridized carbons (Fsp3) is 0.250. The molecule has 3 nitrogen and oxygen atoms in total. The van der Waals surface area contributed by atoms with Crippen molar-refractivity contribution < 1.29 is 4.79 Å². The summed E-state index contributed by atoms with van der Waals surface area (Å²) in [5.74, 6) is 0.0280. The minimum atomic E-state index is 0.0280. The van der Waals surface area contributed by atoms with Gasteiger partial charge in [0.1, 0.15) is 4.60 Å². The molecule has 20 heavy (non-hydrogen) atoms. The van der Waals surface area contributed by atoms with Crippen LogP contribution in [0.2, 0.25) is 0 Å². The Morgan fingerprint density at radius 1 is 1.30 bits per heavy atom. The number of amides is 1. The second-order valence-corrected chi connectivity index (χ2v) is 5.83. The average Bonchev–Trinajstić information content (AvgIpc) is 2.47. The van der Waals surface area contributed by atoms with Crippen LogP contribution < -0.4 is 4.90 Å². The summed E-state index contributed by atoms with van der Waals surface area (Å²) in [5, 5.41) is 0. The predicted octanol–water partition coefficient (Wildman–Crippen LogP) is 3.75. The molecule has 0 aliphatic carbocycles. The molecular weight excluding hydrogens is 316 g/mol. The van der Waals surface area contributed by atoms with Crippen LogP contribution in [0.3, 0.4) is 0 Å². The first-order valence-electron chi connectivity index (χ1n) is 6.69. The van der Waals surface area contributed by atoms with Gasteiger partial charge in [-0.15, -0.1) is 0 Å². The number of para-hydroxylation sites is 1. The Kier molecular flexibility index (Phi) is 3.57. The van der Waals surface area contributed by atoms with Gasteiger partial charge in [-0.1, -0.05) is 18.2 Å². The number of halogens is 1. The van der Waals surface area contributed by atoms with Gasteiger partial charge in [-0.2, -0.15) is 0 Å². The molecule has 0 spiro atoms. The van der Waals surface area contributed by atoms with Crippen LogP contribution in [0.4, 0.5) is 5.69 Å². The van der Waals surface area contributed by atoms with Crippen molar-refractivity contribution in [3.05, 3.63) is 57.8 Å². The molecular formula is C16H15BrN2O. The minimum absolute atomic E-state index is 0.0280. The molecule has 102 valence electrons. The number of benzene rings is 1. The third-order valence-electron chi connectivity index (χ3n) is 3.64. The number of hydrogen-bond donors (Lipinski definition) is 0. The van der Waals surface area contributed by atoms with Gasteiger partial charge in [0.2, 0.25) is 0 Å². The second kappa shape index (κ2) is 5.37. The van der Waals surface area contributed by atoms with Gasteiger partial charge in [0.25, 0.3) is 5.91 Å². The summed E-state index contributed by atoms with van der Waals surface area (Å²) in [7, 11) is 0. The van der Waals surface area contributed by atoms with Crippen LogP contribution in [-0.2, 0) is 6.42 Å². The topological polar surface area (TPSA) is 33.2 Å². The number of aromatic nitrogens is 1. The monoisotopic (exact) mass is 330 g/mol. The maximum Gasteiger partial charge on any atom is 0.259 e. The van der Waals surface area contributed by atoms with E-state index in [9.17, 15) is 4.79 Å². The zero-order valence-corrected chi connectivity index (χ0v) is 12.9. The molecule has 1 amide bonds. The molecule has 0 saturated carbocycles. The van der Waals surface area contributed by atoms with Crippen LogP contribution in [-0.4, -0.2) is 17.4 Å². The zero-order chi connectivity index (χ0) is 14.1. The molecule has 0 unspecified atom stereocenters. The van der Waals surface area contributed by atoms with Crippen LogP contribution in [0, 0.1) is 6.92 Å². The normalized spacial score (nSPS) is 14.0. The molecule has 1 aliphatic heterocycles. The maximum atomic E-state index is 12.7. The van der Waals surface area contributed by atoms with Crippen LogP contribution in [0.25, 0.3) is 0 Å². The molecule has 0 atom stereocenters. The number of hydrogen-bond acceptors (Lipinski definition) is 2. The van der Waals surface area contributed by atoms with E-state index in [-0.39, 0.29) is 5.91 Å². The summed E-state index contributed by atoms with van der Waals surface area (Å²) >= 11 is 3.29. The average molecular weight is 331 g/mol. The molecule has 0 N–H and O–H groups in total. The van der Waals surface area contributed by atoms with E-state index in [0.717, 1.165) is 35.2 Å². The lowest BCUT2D eigenvalue weighted by molar-refractivity contribution is 0.0984. The Bertz CT molecular complexity index is 652. The highest BCUT2D eigenvalue weighted by Gasteiger charge is 2.24. The van der Waals surface area contributed by atoms with Crippen molar-refractivity contribution in [1.82, 2.24) is 4.98 Å². The zero-order valence-electron chi connectivity index (χ0n) is 11.3. The van der Waals surface area contributed by atoms with E-state index in [1.807, 2.05) is 11.0 Å². The van der Waals surface area contributed by atoms with Crippen molar-refractivity contribution >= 4 is 27.5 Å². The van der Waals surface area contributed by atoms with Gasteiger partial charge in [0, 0.05) is 12.7 Å². The van der Waals surface area contributed by atoms with Crippen molar-refractivity contribution in [2.45, 2.75) is 19.8 Å². The van der Waals surface area contributed by atoms with Gasteiger partial charge in [-0.3, -0.25) is 4.79 Å². The Morgan fingerprint density at radius 2 is 2.15 bits per heavy atom. The van der Waals surface area contributed by atoms with Crippen LogP contribution in [0.1, 0.15) is 27.9 Å². The summed E-state index contributed by atoms with van der Waals surface area (Å²) in [4.78, 5) is 18.7. The third-order valence-corrected chi connectivity index (χ3v) is 4.11. The number of carbonyl (C=O) groups excluding carboxylic acids is 1. The van der Waals surface area contributed by atoms with E-state index < -0.39 is 0 Å². The van der Waals surface area contributed by atoms with Crippen molar-refractivity contribution in [2.24, 2.45) is 0 Å². The van der Waals surface area contributed by atoms with Crippen LogP contribution >= 0.6 is 15.9 Å². The molecule has 1 aromatic carbocycles. The van der Waals surface area contributed by atoms with Crippen LogP contribution in [0.15, 0.2) is 41.1 Å². The highest BCUT2D eigenvalue weighted by Crippen LogP contribution is 2.31. The first-order chi connectivity index (χ1) is 9.66. The largest absolute Gasteiger partial charge is 0.308 e. The van der Waals surface area contributed by atoms with Crippen molar-refractivity contribution in [1.29, 1.82) is 0 Å². The molecule has 0 bridgehead atoms. The first kappa shape index (κ1) is 13.3. The molecule has 2 aromatic rings. The summed E-state index contributed by atoms with van der Waals surface area (Å²) in [6.45, 7) is 2.83. The number of fused-ring (bicyclic) bond motifs is 1. The maximum absolute atomic E-state index is 12.7. The summed E-state index contributed by atoms with van der Waals surface area (Å²) in [6.07, 6.45) is 3.67. The third kappa shape index (κ3) is 2.36. The van der Waals surface area contributed by atoms with Gasteiger partial charge in [0.05, 0.1) is 11.3 Å². The predicted molar refractivity (Wildman–Crippen MR) is 83.1 cm³/mol. The Balaban J connectivity index is 2.00. The van der Waals surface area contributed by atoms with Crippen molar-refractivity contribution in [3.8, 4) is 0 Å². The van der Waals surface area contributed by atoms with E-state index in [0.29, 0.717) is 5.56 Å². The minimum Gasteiger partial charge on any atom is -0.308 e. The number of pyridine rings is 1. The standard InChI is InChI=1S/C16H15BrN2O/c1-11-4-2-5-12-6-3-9-19(15(11)12)16(20)13-7-8-14(17)18-10-13/h2,4-5,7-8,10H,3,6,9H2,1H3. The molecule has 4 heteroatoms. The number of anilines is 1. The second-order valence-electron chi connectivity index (χ2n) is 5.01. The Morgan fingerprint density at radius 3 is 2.90 bits per heavy atom. The SMILES string of the molecule is Cc1cccc2c1N(C(=O)c1ccc(Br)nc1)CCC2. The first-order valence-corrected chi connectivity index (χ1v) is 7.48. The summed E-state index contributed by atoms with van der Waals surface area (Å²) in [5.41, 5.74) is 4.12. The number of nitrogens with zero attached hydrogens (tertiary/aromatic N) is 2. The van der Waals surface area contributed by atoms with Crippen LogP contribution in [0.5, 0.6) is 0 Å². The summed E-state index contributed by atoms with van der Waals surface area (Å²) in [6, 6.07) is 9.84. The van der Waals surface area contributed by atoms with E-state index in [1.165, 1.54) is 5.56 Å². The number of aryl methyl sites for hydroxylation is 2. The lowest BCUT2D eigenvalue weighted by Crippen LogP contribution is -2.36. The molecule has 1 aliphatic rings. The van der Waals surface area contributed by atoms with E-state index >= 15 is 0 Å². The highest BCUT2D eigenvalue weighted by molar-refractivity contribution is 9.10. The molecule has 0 radical (unpaired) electrons. The number of rotatable bonds is 1. The van der Waals surface area contributed by atoms with Crippen molar-refractivity contribution in [3.63, 3.8) is 0 Å². The Hall–Kier alpha value is -1.68. The Labute approximate surface area is 126 Å². The highest BCUT2D eigenvalue weighted by atomic mass is 79.9. The molecule has 2 heterocycles. The van der Waals surface area contributed by atoms with E-state index in [2.05, 4.69) is 46.0 Å². The smallest absolute Gasteiger partial charge is 0.259 e. The summed E-state index contributed by atoms with van der Waals surface area (Å²) < 4.78 is 0.740. The number of carbonyl (C=O) groups is 1. The lowest BCUT2D eigenvalue weighted by Gasteiger charge is -2.31. The van der Waals surface area contributed by atoms with Gasteiger partial charge in [0.15, 0.2) is 0 Å². The molecule has 0 fully saturated rings. The van der Waals surface area contributed by atoms with E-state index in [1.54, 1.807) is 12.3 Å². The van der Waals surface area contributed by atoms with Gasteiger partial charge in [-0.05, 0) is 59.0 Å². The van der Waals surface area contributed by atoms with Gasteiger partial charge < -0.3 is 4.90 Å². The fourth-order valence-electron chi connectivity index (χ4n) is 2.71. The fourth-order valence-corrected chi connectivity index (χ4v) is 2.94. The molecule has 0 saturated heterocycles. The van der Waals surface area contributed by atoms with Gasteiger partial charge >= 0.3 is 0 Å². The van der Waals surface area contributed by atoms with E-state index in [4.69, 9.17) is 0 Å². The molecule has 1 aromatic heterocycles. The quantitative estimate of drug-likeness (QED) is 0.746. The lowest BCUT2D eigenvalue weighted by atomic mass is 9.97. The molecule has 3 rings (SSSR count).